The molecule has 1 aromatic carbocycles. The van der Waals surface area contributed by atoms with Gasteiger partial charge in [0.1, 0.15) is 11.6 Å². The van der Waals surface area contributed by atoms with E-state index in [4.69, 9.17) is 4.74 Å². The van der Waals surface area contributed by atoms with E-state index in [9.17, 15) is 9.18 Å². The molecule has 1 aliphatic rings. The van der Waals surface area contributed by atoms with Crippen LogP contribution in [0.1, 0.15) is 36.5 Å². The zero-order chi connectivity index (χ0) is 14.5. The molecule has 0 aliphatic heterocycles. The summed E-state index contributed by atoms with van der Waals surface area (Å²) in [4.78, 5) is 14.5. The van der Waals surface area contributed by atoms with Crippen LogP contribution in [0.4, 0.5) is 4.39 Å². The summed E-state index contributed by atoms with van der Waals surface area (Å²) >= 11 is 0. The normalized spacial score (nSPS) is 14.6. The summed E-state index contributed by atoms with van der Waals surface area (Å²) in [5.41, 5.74) is 0.337. The van der Waals surface area contributed by atoms with Crippen LogP contribution in [0.2, 0.25) is 0 Å². The average Bonchev–Trinajstić information content (AvgIpc) is 3.22. The molecule has 4 heteroatoms. The predicted octanol–water partition coefficient (Wildman–Crippen LogP) is 3.14. The zero-order valence-electron chi connectivity index (χ0n) is 12.2. The number of Topliss-reactive ketones (excluding diaryl/α,β-unsaturated/α-hetero) is 1. The Labute approximate surface area is 119 Å². The van der Waals surface area contributed by atoms with Crippen LogP contribution in [-0.2, 0) is 0 Å². The molecule has 0 unspecified atom stereocenters. The molecular formula is C16H22FNO2. The van der Waals surface area contributed by atoms with E-state index >= 15 is 0 Å². The van der Waals surface area contributed by atoms with Crippen molar-refractivity contribution in [2.24, 2.45) is 5.92 Å². The fourth-order valence-electron chi connectivity index (χ4n) is 2.40. The minimum Gasteiger partial charge on any atom is -0.496 e. The number of methoxy groups -OCH3 is 1. The Morgan fingerprint density at radius 2 is 2.20 bits per heavy atom. The molecule has 0 N–H and O–H groups in total. The molecule has 0 radical (unpaired) electrons. The molecule has 1 saturated carbocycles. The number of hydrogen-bond acceptors (Lipinski definition) is 3. The summed E-state index contributed by atoms with van der Waals surface area (Å²) in [5.74, 6) is 0.705. The number of carbonyl (C=O) groups excluding carboxylic acids is 1. The lowest BCUT2D eigenvalue weighted by Gasteiger charge is -2.21. The van der Waals surface area contributed by atoms with Crippen molar-refractivity contribution in [3.8, 4) is 5.75 Å². The Morgan fingerprint density at radius 3 is 2.80 bits per heavy atom. The Kier molecular flexibility index (Phi) is 5.12. The fourth-order valence-corrected chi connectivity index (χ4v) is 2.40. The van der Waals surface area contributed by atoms with Gasteiger partial charge in [-0.15, -0.1) is 0 Å². The van der Waals surface area contributed by atoms with Crippen molar-refractivity contribution in [2.75, 3.05) is 26.7 Å². The van der Waals surface area contributed by atoms with E-state index in [-0.39, 0.29) is 5.78 Å². The Morgan fingerprint density at radius 1 is 1.45 bits per heavy atom. The number of halogens is 1. The van der Waals surface area contributed by atoms with E-state index in [0.29, 0.717) is 17.9 Å². The first-order valence-electron chi connectivity index (χ1n) is 7.23. The van der Waals surface area contributed by atoms with Crippen LogP contribution >= 0.6 is 0 Å². The van der Waals surface area contributed by atoms with Crippen molar-refractivity contribution in [2.45, 2.75) is 26.2 Å². The minimum absolute atomic E-state index is 0.0737. The van der Waals surface area contributed by atoms with E-state index in [1.165, 1.54) is 38.2 Å². The molecule has 1 aliphatic carbocycles. The van der Waals surface area contributed by atoms with Crippen molar-refractivity contribution in [1.29, 1.82) is 0 Å². The number of ketones is 1. The van der Waals surface area contributed by atoms with Gasteiger partial charge in [0, 0.05) is 6.54 Å². The zero-order valence-corrected chi connectivity index (χ0v) is 12.2. The van der Waals surface area contributed by atoms with Gasteiger partial charge in [-0.3, -0.25) is 9.69 Å². The molecule has 0 aromatic heterocycles. The van der Waals surface area contributed by atoms with Crippen LogP contribution in [0.3, 0.4) is 0 Å². The van der Waals surface area contributed by atoms with Gasteiger partial charge in [0.2, 0.25) is 0 Å². The fraction of sp³-hybridized carbons (Fsp3) is 0.562. The molecule has 0 spiro atoms. The van der Waals surface area contributed by atoms with Gasteiger partial charge in [-0.05, 0) is 49.9 Å². The maximum Gasteiger partial charge on any atom is 0.180 e. The number of ether oxygens (including phenoxy) is 1. The molecule has 1 aromatic rings. The summed E-state index contributed by atoms with van der Waals surface area (Å²) < 4.78 is 18.5. The first kappa shape index (κ1) is 15.0. The molecule has 0 saturated heterocycles. The number of nitrogens with zero attached hydrogens (tertiary/aromatic N) is 1. The summed E-state index contributed by atoms with van der Waals surface area (Å²) in [6.07, 6.45) is 3.54. The van der Waals surface area contributed by atoms with Crippen LogP contribution in [0, 0.1) is 11.7 Å². The minimum atomic E-state index is -0.404. The summed E-state index contributed by atoms with van der Waals surface area (Å²) in [6.45, 7) is 4.31. The van der Waals surface area contributed by atoms with Gasteiger partial charge >= 0.3 is 0 Å². The smallest absolute Gasteiger partial charge is 0.180 e. The van der Waals surface area contributed by atoms with E-state index in [2.05, 4.69) is 11.8 Å². The third kappa shape index (κ3) is 4.04. The number of rotatable bonds is 8. The van der Waals surface area contributed by atoms with E-state index in [1.54, 1.807) is 0 Å². The van der Waals surface area contributed by atoms with Gasteiger partial charge in [-0.1, -0.05) is 6.92 Å². The number of benzene rings is 1. The van der Waals surface area contributed by atoms with Crippen molar-refractivity contribution < 1.29 is 13.9 Å². The quantitative estimate of drug-likeness (QED) is 0.685. The third-order valence-electron chi connectivity index (χ3n) is 3.58. The third-order valence-corrected chi connectivity index (χ3v) is 3.58. The second kappa shape index (κ2) is 6.84. The van der Waals surface area contributed by atoms with Gasteiger partial charge in [-0.25, -0.2) is 4.39 Å². The van der Waals surface area contributed by atoms with Crippen molar-refractivity contribution in [3.05, 3.63) is 29.6 Å². The van der Waals surface area contributed by atoms with Gasteiger partial charge in [-0.2, -0.15) is 0 Å². The van der Waals surface area contributed by atoms with Gasteiger partial charge in [0.25, 0.3) is 0 Å². The maximum atomic E-state index is 13.3. The lowest BCUT2D eigenvalue weighted by atomic mass is 10.1. The Balaban J connectivity index is 2.06. The highest BCUT2D eigenvalue weighted by Crippen LogP contribution is 2.30. The second-order valence-corrected chi connectivity index (χ2v) is 5.45. The summed E-state index contributed by atoms with van der Waals surface area (Å²) in [5, 5.41) is 0. The first-order chi connectivity index (χ1) is 9.63. The molecule has 0 bridgehead atoms. The van der Waals surface area contributed by atoms with Crippen molar-refractivity contribution in [3.63, 3.8) is 0 Å². The number of carbonyl (C=O) groups is 1. The van der Waals surface area contributed by atoms with Gasteiger partial charge in [0.05, 0.1) is 19.2 Å². The highest BCUT2D eigenvalue weighted by Gasteiger charge is 2.25. The monoisotopic (exact) mass is 279 g/mol. The van der Waals surface area contributed by atoms with Gasteiger partial charge < -0.3 is 4.74 Å². The SMILES string of the molecule is CCCN(CC(=O)c1cc(F)ccc1OC)CC1CC1. The topological polar surface area (TPSA) is 29.5 Å². The highest BCUT2D eigenvalue weighted by molar-refractivity contribution is 6.00. The molecule has 20 heavy (non-hydrogen) atoms. The van der Waals surface area contributed by atoms with Crippen LogP contribution in [-0.4, -0.2) is 37.4 Å². The molecule has 0 atom stereocenters. The average molecular weight is 279 g/mol. The van der Waals surface area contributed by atoms with Gasteiger partial charge in [0.15, 0.2) is 5.78 Å². The molecule has 110 valence electrons. The first-order valence-corrected chi connectivity index (χ1v) is 7.23. The highest BCUT2D eigenvalue weighted by atomic mass is 19.1. The Hall–Kier alpha value is -1.42. The number of hydrogen-bond donors (Lipinski definition) is 0. The standard InChI is InChI=1S/C16H22FNO2/c1-3-8-18(10-12-4-5-12)11-15(19)14-9-13(17)6-7-16(14)20-2/h6-7,9,12H,3-5,8,10-11H2,1-2H3. The largest absolute Gasteiger partial charge is 0.496 e. The maximum absolute atomic E-state index is 13.3. The molecule has 0 heterocycles. The van der Waals surface area contributed by atoms with Crippen LogP contribution in [0.25, 0.3) is 0 Å². The predicted molar refractivity (Wildman–Crippen MR) is 76.7 cm³/mol. The second-order valence-electron chi connectivity index (χ2n) is 5.45. The van der Waals surface area contributed by atoms with Crippen molar-refractivity contribution in [1.82, 2.24) is 4.90 Å². The van der Waals surface area contributed by atoms with Crippen molar-refractivity contribution >= 4 is 5.78 Å². The summed E-state index contributed by atoms with van der Waals surface area (Å²) in [7, 11) is 1.50. The molecule has 3 nitrogen and oxygen atoms in total. The van der Waals surface area contributed by atoms with E-state index in [0.717, 1.165) is 25.4 Å². The molecule has 2 rings (SSSR count). The summed E-state index contributed by atoms with van der Waals surface area (Å²) in [6, 6.07) is 4.08. The van der Waals surface area contributed by atoms with E-state index in [1.807, 2.05) is 0 Å². The van der Waals surface area contributed by atoms with Crippen LogP contribution in [0.15, 0.2) is 18.2 Å². The molecular weight excluding hydrogens is 257 g/mol. The molecule has 0 amide bonds. The molecule has 1 fully saturated rings. The van der Waals surface area contributed by atoms with Crippen LogP contribution in [0.5, 0.6) is 5.75 Å². The lowest BCUT2D eigenvalue weighted by Crippen LogP contribution is -2.32. The van der Waals surface area contributed by atoms with Crippen LogP contribution < -0.4 is 4.74 Å². The Bertz CT molecular complexity index is 472. The lowest BCUT2D eigenvalue weighted by molar-refractivity contribution is 0.0924. The van der Waals surface area contributed by atoms with E-state index < -0.39 is 5.82 Å².